The summed E-state index contributed by atoms with van der Waals surface area (Å²) in [5.41, 5.74) is 7.51. The normalized spacial score (nSPS) is 14.2. The van der Waals surface area contributed by atoms with Crippen LogP contribution in [0.2, 0.25) is 0 Å². The minimum atomic E-state index is -0.255. The molecule has 0 aliphatic heterocycles. The molecular formula is C14H16N4O2. The average molecular weight is 272 g/mol. The van der Waals surface area contributed by atoms with E-state index in [1.54, 1.807) is 0 Å². The van der Waals surface area contributed by atoms with E-state index in [9.17, 15) is 4.79 Å². The Morgan fingerprint density at radius 3 is 2.75 bits per heavy atom. The van der Waals surface area contributed by atoms with Crippen molar-refractivity contribution in [1.82, 2.24) is 15.5 Å². The Hall–Kier alpha value is -2.37. The Bertz CT molecular complexity index is 602. The minimum Gasteiger partial charge on any atom is -0.399 e. The van der Waals surface area contributed by atoms with E-state index in [0.29, 0.717) is 18.4 Å². The summed E-state index contributed by atoms with van der Waals surface area (Å²) in [6, 6.07) is 7.94. The lowest BCUT2D eigenvalue weighted by molar-refractivity contribution is 0.0937. The van der Waals surface area contributed by atoms with E-state index >= 15 is 0 Å². The molecule has 0 atom stereocenters. The van der Waals surface area contributed by atoms with Gasteiger partial charge in [-0.15, -0.1) is 0 Å². The number of benzene rings is 1. The zero-order valence-corrected chi connectivity index (χ0v) is 11.0. The molecule has 20 heavy (non-hydrogen) atoms. The van der Waals surface area contributed by atoms with Gasteiger partial charge in [0.2, 0.25) is 5.89 Å². The molecule has 1 saturated carbocycles. The number of hydrogen-bond donors (Lipinski definition) is 2. The quantitative estimate of drug-likeness (QED) is 0.801. The highest BCUT2D eigenvalue weighted by atomic mass is 16.5. The molecule has 3 rings (SSSR count). The van der Waals surface area contributed by atoms with Crippen molar-refractivity contribution in [1.29, 1.82) is 0 Å². The predicted octanol–water partition coefficient (Wildman–Crippen LogP) is 1.33. The summed E-state index contributed by atoms with van der Waals surface area (Å²) < 4.78 is 5.09. The van der Waals surface area contributed by atoms with Crippen molar-refractivity contribution in [2.24, 2.45) is 0 Å². The molecule has 1 heterocycles. The number of nitrogens with one attached hydrogen (secondary N) is 1. The van der Waals surface area contributed by atoms with Crippen molar-refractivity contribution < 1.29 is 9.32 Å². The summed E-state index contributed by atoms with van der Waals surface area (Å²) in [6.45, 7) is 0. The number of carbonyl (C=O) groups excluding carboxylic acids is 1. The van der Waals surface area contributed by atoms with E-state index in [0.717, 1.165) is 30.5 Å². The number of anilines is 1. The topological polar surface area (TPSA) is 94.0 Å². The van der Waals surface area contributed by atoms with Gasteiger partial charge in [0.1, 0.15) is 0 Å². The zero-order chi connectivity index (χ0) is 13.9. The fraction of sp³-hybridized carbons (Fsp3) is 0.357. The number of hydrogen-bond acceptors (Lipinski definition) is 5. The van der Waals surface area contributed by atoms with Crippen molar-refractivity contribution in [3.63, 3.8) is 0 Å². The maximum absolute atomic E-state index is 11.7. The largest absolute Gasteiger partial charge is 0.399 e. The number of aryl methyl sites for hydroxylation is 2. The molecular weight excluding hydrogens is 256 g/mol. The fourth-order valence-electron chi connectivity index (χ4n) is 1.86. The van der Waals surface area contributed by atoms with Gasteiger partial charge in [-0.05, 0) is 37.0 Å². The van der Waals surface area contributed by atoms with Crippen LogP contribution in [0.1, 0.15) is 34.9 Å². The first-order valence-electron chi connectivity index (χ1n) is 6.68. The monoisotopic (exact) mass is 272 g/mol. The number of amides is 1. The van der Waals surface area contributed by atoms with E-state index in [1.165, 1.54) is 0 Å². The molecule has 0 radical (unpaired) electrons. The number of carbonyl (C=O) groups is 1. The third-order valence-corrected chi connectivity index (χ3v) is 3.19. The molecule has 1 aromatic heterocycles. The third kappa shape index (κ3) is 3.14. The van der Waals surface area contributed by atoms with Gasteiger partial charge < -0.3 is 15.6 Å². The van der Waals surface area contributed by atoms with Gasteiger partial charge in [-0.3, -0.25) is 4.79 Å². The average Bonchev–Trinajstić information content (AvgIpc) is 3.13. The van der Waals surface area contributed by atoms with Crippen LogP contribution in [0.5, 0.6) is 0 Å². The summed E-state index contributed by atoms with van der Waals surface area (Å²) in [4.78, 5) is 15.8. The van der Waals surface area contributed by atoms with Crippen LogP contribution in [0.3, 0.4) is 0 Å². The maximum Gasteiger partial charge on any atom is 0.292 e. The highest BCUT2D eigenvalue weighted by molar-refractivity contribution is 5.90. The van der Waals surface area contributed by atoms with Crippen LogP contribution >= 0.6 is 0 Å². The molecule has 104 valence electrons. The molecule has 1 aliphatic carbocycles. The van der Waals surface area contributed by atoms with E-state index in [-0.39, 0.29) is 11.7 Å². The highest BCUT2D eigenvalue weighted by Crippen LogP contribution is 2.19. The van der Waals surface area contributed by atoms with Gasteiger partial charge in [0.25, 0.3) is 11.7 Å². The summed E-state index contributed by atoms with van der Waals surface area (Å²) >= 11 is 0. The van der Waals surface area contributed by atoms with Crippen molar-refractivity contribution in [3.8, 4) is 0 Å². The minimum absolute atomic E-state index is 0.115. The van der Waals surface area contributed by atoms with Gasteiger partial charge in [0.05, 0.1) is 0 Å². The van der Waals surface area contributed by atoms with Crippen LogP contribution in [-0.4, -0.2) is 22.1 Å². The lowest BCUT2D eigenvalue weighted by atomic mass is 10.1. The second kappa shape index (κ2) is 5.32. The Labute approximate surface area is 116 Å². The SMILES string of the molecule is Nc1ccc(CCc2nc(C(=O)NC3CC3)no2)cc1. The summed E-state index contributed by atoms with van der Waals surface area (Å²) in [6.07, 6.45) is 3.45. The molecule has 1 fully saturated rings. The standard InChI is InChI=1S/C14H16N4O2/c15-10-4-1-9(2-5-10)3-8-12-17-13(18-20-12)14(19)16-11-6-7-11/h1-2,4-5,11H,3,6-8,15H2,(H,16,19). The number of nitrogen functional groups attached to an aromatic ring is 1. The van der Waals surface area contributed by atoms with Gasteiger partial charge in [-0.25, -0.2) is 0 Å². The number of aromatic nitrogens is 2. The van der Waals surface area contributed by atoms with Gasteiger partial charge in [-0.1, -0.05) is 17.3 Å². The summed E-state index contributed by atoms with van der Waals surface area (Å²) in [5.74, 6) is 0.335. The molecule has 3 N–H and O–H groups in total. The Balaban J connectivity index is 1.56. The van der Waals surface area contributed by atoms with Crippen LogP contribution in [0.15, 0.2) is 28.8 Å². The lowest BCUT2D eigenvalue weighted by Crippen LogP contribution is -2.26. The van der Waals surface area contributed by atoms with Crippen molar-refractivity contribution in [2.75, 3.05) is 5.73 Å². The van der Waals surface area contributed by atoms with Crippen molar-refractivity contribution >= 4 is 11.6 Å². The smallest absolute Gasteiger partial charge is 0.292 e. The first-order valence-corrected chi connectivity index (χ1v) is 6.68. The van der Waals surface area contributed by atoms with Crippen LogP contribution in [0.4, 0.5) is 5.69 Å². The number of nitrogens with two attached hydrogens (primary N) is 1. The Kier molecular flexibility index (Phi) is 3.37. The molecule has 1 amide bonds. The van der Waals surface area contributed by atoms with E-state index < -0.39 is 0 Å². The van der Waals surface area contributed by atoms with E-state index in [1.807, 2.05) is 24.3 Å². The maximum atomic E-state index is 11.7. The van der Waals surface area contributed by atoms with Gasteiger partial charge in [0.15, 0.2) is 0 Å². The molecule has 1 aromatic carbocycles. The molecule has 0 bridgehead atoms. The molecule has 6 heteroatoms. The van der Waals surface area contributed by atoms with Crippen molar-refractivity contribution in [2.45, 2.75) is 31.7 Å². The van der Waals surface area contributed by atoms with E-state index in [4.69, 9.17) is 10.3 Å². The molecule has 1 aliphatic rings. The first-order chi connectivity index (χ1) is 9.70. The van der Waals surface area contributed by atoms with Crippen molar-refractivity contribution in [3.05, 3.63) is 41.5 Å². The van der Waals surface area contributed by atoms with Crippen LogP contribution in [0, 0.1) is 0 Å². The second-order valence-corrected chi connectivity index (χ2v) is 5.00. The first kappa shape index (κ1) is 12.7. The van der Waals surface area contributed by atoms with Gasteiger partial charge >= 0.3 is 0 Å². The number of nitrogens with zero attached hydrogens (tertiary/aromatic N) is 2. The molecule has 2 aromatic rings. The Morgan fingerprint density at radius 2 is 2.05 bits per heavy atom. The van der Waals surface area contributed by atoms with Crippen LogP contribution in [0.25, 0.3) is 0 Å². The molecule has 0 unspecified atom stereocenters. The second-order valence-electron chi connectivity index (χ2n) is 5.00. The van der Waals surface area contributed by atoms with Crippen LogP contribution < -0.4 is 11.1 Å². The van der Waals surface area contributed by atoms with Gasteiger partial charge in [0, 0.05) is 18.2 Å². The fourth-order valence-corrected chi connectivity index (χ4v) is 1.86. The molecule has 0 spiro atoms. The van der Waals surface area contributed by atoms with Crippen LogP contribution in [-0.2, 0) is 12.8 Å². The predicted molar refractivity (Wildman–Crippen MR) is 73.0 cm³/mol. The Morgan fingerprint density at radius 1 is 1.30 bits per heavy atom. The summed E-state index contributed by atoms with van der Waals surface area (Å²) in [7, 11) is 0. The lowest BCUT2D eigenvalue weighted by Gasteiger charge is -1.98. The highest BCUT2D eigenvalue weighted by Gasteiger charge is 2.25. The summed E-state index contributed by atoms with van der Waals surface area (Å²) in [5, 5.41) is 6.53. The third-order valence-electron chi connectivity index (χ3n) is 3.19. The van der Waals surface area contributed by atoms with E-state index in [2.05, 4.69) is 15.5 Å². The van der Waals surface area contributed by atoms with Gasteiger partial charge in [-0.2, -0.15) is 4.98 Å². The zero-order valence-electron chi connectivity index (χ0n) is 11.0. The molecule has 0 saturated heterocycles. The molecule has 6 nitrogen and oxygen atoms in total. The number of rotatable bonds is 5.